The normalized spacial score (nSPS) is 12.1. The van der Waals surface area contributed by atoms with Gasteiger partial charge in [-0.25, -0.2) is 8.78 Å². The average molecular weight is 259 g/mol. The summed E-state index contributed by atoms with van der Waals surface area (Å²) in [7, 11) is 3.04. The number of hydrogen-bond acceptors (Lipinski definition) is 3. The summed E-state index contributed by atoms with van der Waals surface area (Å²) in [5, 5.41) is 8.79. The Morgan fingerprint density at radius 2 is 1.89 bits per heavy atom. The van der Waals surface area contributed by atoms with Gasteiger partial charge in [-0.05, 0) is 24.6 Å². The van der Waals surface area contributed by atoms with E-state index in [1.807, 2.05) is 0 Å². The summed E-state index contributed by atoms with van der Waals surface area (Å²) in [6.45, 7) is 0.932. The topological polar surface area (TPSA) is 49.8 Å². The summed E-state index contributed by atoms with van der Waals surface area (Å²) in [5.41, 5.74) is 0.101. The van der Waals surface area contributed by atoms with Gasteiger partial charge in [-0.1, -0.05) is 0 Å². The van der Waals surface area contributed by atoms with Crippen LogP contribution in [0.5, 0.6) is 5.75 Å². The number of likely N-dealkylation sites (N-methyl/N-ethyl adjacent to an activating group) is 1. The van der Waals surface area contributed by atoms with Crippen molar-refractivity contribution in [3.05, 3.63) is 29.3 Å². The minimum Gasteiger partial charge on any atom is -0.475 e. The summed E-state index contributed by atoms with van der Waals surface area (Å²) in [4.78, 5) is 12.8. The van der Waals surface area contributed by atoms with Crippen LogP contribution in [0.15, 0.2) is 12.1 Å². The third kappa shape index (κ3) is 3.16. The van der Waals surface area contributed by atoms with E-state index >= 15 is 0 Å². The SMILES string of the molecule is CC(Oc1c(F)cc(CO)cc1F)C(=O)N(C)C. The van der Waals surface area contributed by atoms with Crippen LogP contribution in [-0.2, 0) is 11.4 Å². The van der Waals surface area contributed by atoms with Crippen LogP contribution in [0, 0.1) is 11.6 Å². The van der Waals surface area contributed by atoms with Crippen LogP contribution in [0.1, 0.15) is 12.5 Å². The fraction of sp³-hybridized carbons (Fsp3) is 0.417. The smallest absolute Gasteiger partial charge is 0.262 e. The Morgan fingerprint density at radius 3 is 2.28 bits per heavy atom. The molecular weight excluding hydrogens is 244 g/mol. The summed E-state index contributed by atoms with van der Waals surface area (Å²) in [6.07, 6.45) is -0.996. The number of carbonyl (C=O) groups excluding carboxylic acids is 1. The first-order valence-corrected chi connectivity index (χ1v) is 5.33. The minimum atomic E-state index is -0.996. The molecule has 0 spiro atoms. The van der Waals surface area contributed by atoms with Gasteiger partial charge in [0.1, 0.15) is 0 Å². The van der Waals surface area contributed by atoms with E-state index in [2.05, 4.69) is 0 Å². The Morgan fingerprint density at radius 1 is 1.39 bits per heavy atom. The molecule has 1 N–H and O–H groups in total. The van der Waals surface area contributed by atoms with Crippen LogP contribution >= 0.6 is 0 Å². The van der Waals surface area contributed by atoms with Crippen molar-refractivity contribution in [3.8, 4) is 5.75 Å². The molecule has 0 aromatic heterocycles. The number of rotatable bonds is 4. The first kappa shape index (κ1) is 14.4. The van der Waals surface area contributed by atoms with E-state index in [9.17, 15) is 13.6 Å². The molecule has 6 heteroatoms. The lowest BCUT2D eigenvalue weighted by atomic mass is 10.2. The van der Waals surface area contributed by atoms with Crippen molar-refractivity contribution >= 4 is 5.91 Å². The molecule has 1 aromatic carbocycles. The fourth-order valence-electron chi connectivity index (χ4n) is 1.41. The highest BCUT2D eigenvalue weighted by Crippen LogP contribution is 2.24. The lowest BCUT2D eigenvalue weighted by Crippen LogP contribution is -2.35. The Kier molecular flexibility index (Phi) is 4.61. The highest BCUT2D eigenvalue weighted by atomic mass is 19.1. The number of amides is 1. The highest BCUT2D eigenvalue weighted by molar-refractivity contribution is 5.80. The van der Waals surface area contributed by atoms with Gasteiger partial charge in [-0.2, -0.15) is 0 Å². The second kappa shape index (κ2) is 5.77. The van der Waals surface area contributed by atoms with E-state index in [-0.39, 0.29) is 5.56 Å². The van der Waals surface area contributed by atoms with Crippen molar-refractivity contribution in [2.75, 3.05) is 14.1 Å². The number of aliphatic hydroxyl groups is 1. The maximum atomic E-state index is 13.5. The van der Waals surface area contributed by atoms with Crippen LogP contribution in [0.2, 0.25) is 0 Å². The van der Waals surface area contributed by atoms with E-state index in [1.165, 1.54) is 25.9 Å². The number of aliphatic hydroxyl groups excluding tert-OH is 1. The van der Waals surface area contributed by atoms with Crippen molar-refractivity contribution in [1.29, 1.82) is 0 Å². The monoisotopic (exact) mass is 259 g/mol. The van der Waals surface area contributed by atoms with Gasteiger partial charge >= 0.3 is 0 Å². The van der Waals surface area contributed by atoms with E-state index < -0.39 is 36.0 Å². The average Bonchev–Trinajstić information content (AvgIpc) is 2.31. The summed E-state index contributed by atoms with van der Waals surface area (Å²) >= 11 is 0. The zero-order chi connectivity index (χ0) is 13.9. The van der Waals surface area contributed by atoms with Gasteiger partial charge in [0.15, 0.2) is 23.5 Å². The van der Waals surface area contributed by atoms with Crippen LogP contribution in [0.3, 0.4) is 0 Å². The molecule has 0 saturated heterocycles. The van der Waals surface area contributed by atoms with Gasteiger partial charge in [0, 0.05) is 14.1 Å². The number of hydrogen-bond donors (Lipinski definition) is 1. The van der Waals surface area contributed by atoms with Crippen LogP contribution in [0.4, 0.5) is 8.78 Å². The van der Waals surface area contributed by atoms with Crippen LogP contribution in [0.25, 0.3) is 0 Å². The maximum absolute atomic E-state index is 13.5. The zero-order valence-corrected chi connectivity index (χ0v) is 10.4. The number of benzene rings is 1. The summed E-state index contributed by atoms with van der Waals surface area (Å²) < 4.78 is 32.0. The van der Waals surface area contributed by atoms with E-state index in [0.29, 0.717) is 0 Å². The number of halogens is 2. The lowest BCUT2D eigenvalue weighted by Gasteiger charge is -2.19. The van der Waals surface area contributed by atoms with Crippen molar-refractivity contribution in [1.82, 2.24) is 4.90 Å². The standard InChI is InChI=1S/C12H15F2NO3/c1-7(12(17)15(2)3)18-11-9(13)4-8(6-16)5-10(11)14/h4-5,7,16H,6H2,1-3H3. The molecule has 0 radical (unpaired) electrons. The molecule has 0 bridgehead atoms. The molecule has 1 aromatic rings. The first-order valence-electron chi connectivity index (χ1n) is 5.33. The number of carbonyl (C=O) groups is 1. The molecule has 0 aliphatic carbocycles. The molecule has 0 heterocycles. The van der Waals surface area contributed by atoms with Gasteiger partial charge in [0.2, 0.25) is 0 Å². The molecule has 0 aliphatic rings. The van der Waals surface area contributed by atoms with Crippen molar-refractivity contribution in [2.24, 2.45) is 0 Å². The minimum absolute atomic E-state index is 0.101. The van der Waals surface area contributed by atoms with E-state index in [1.54, 1.807) is 0 Å². The lowest BCUT2D eigenvalue weighted by molar-refractivity contribution is -0.135. The molecule has 1 unspecified atom stereocenters. The summed E-state index contributed by atoms with van der Waals surface area (Å²) in [5.74, 6) is -2.91. The van der Waals surface area contributed by atoms with Gasteiger partial charge in [0.05, 0.1) is 6.61 Å². The number of ether oxygens (including phenoxy) is 1. The molecule has 0 aliphatic heterocycles. The molecule has 100 valence electrons. The van der Waals surface area contributed by atoms with E-state index in [0.717, 1.165) is 12.1 Å². The predicted molar refractivity (Wildman–Crippen MR) is 61.1 cm³/mol. The first-order chi connectivity index (χ1) is 8.36. The van der Waals surface area contributed by atoms with Crippen molar-refractivity contribution < 1.29 is 23.4 Å². The Hall–Kier alpha value is -1.69. The maximum Gasteiger partial charge on any atom is 0.262 e. The largest absolute Gasteiger partial charge is 0.475 e. The van der Waals surface area contributed by atoms with Gasteiger partial charge in [-0.3, -0.25) is 4.79 Å². The van der Waals surface area contributed by atoms with Crippen LogP contribution in [-0.4, -0.2) is 36.1 Å². The molecule has 1 atom stereocenters. The molecule has 18 heavy (non-hydrogen) atoms. The van der Waals surface area contributed by atoms with Crippen molar-refractivity contribution in [2.45, 2.75) is 19.6 Å². The van der Waals surface area contributed by atoms with Crippen molar-refractivity contribution in [3.63, 3.8) is 0 Å². The third-order valence-electron chi connectivity index (χ3n) is 2.32. The Bertz CT molecular complexity index is 426. The second-order valence-electron chi connectivity index (χ2n) is 4.04. The van der Waals surface area contributed by atoms with Gasteiger partial charge in [-0.15, -0.1) is 0 Å². The fourth-order valence-corrected chi connectivity index (χ4v) is 1.41. The highest BCUT2D eigenvalue weighted by Gasteiger charge is 2.21. The molecule has 1 rings (SSSR count). The molecule has 1 amide bonds. The zero-order valence-electron chi connectivity index (χ0n) is 10.4. The second-order valence-corrected chi connectivity index (χ2v) is 4.04. The van der Waals surface area contributed by atoms with E-state index in [4.69, 9.17) is 9.84 Å². The Balaban J connectivity index is 2.95. The molecule has 0 fully saturated rings. The quantitative estimate of drug-likeness (QED) is 0.887. The predicted octanol–water partition coefficient (Wildman–Crippen LogP) is 1.31. The summed E-state index contributed by atoms with van der Waals surface area (Å²) in [6, 6.07) is 1.93. The molecular formula is C12H15F2NO3. The van der Waals surface area contributed by atoms with Crippen LogP contribution < -0.4 is 4.74 Å². The third-order valence-corrected chi connectivity index (χ3v) is 2.32. The van der Waals surface area contributed by atoms with Gasteiger partial charge in [0.25, 0.3) is 5.91 Å². The Labute approximate surface area is 104 Å². The number of nitrogens with zero attached hydrogens (tertiary/aromatic N) is 1. The molecule has 4 nitrogen and oxygen atoms in total. The molecule has 0 saturated carbocycles. The van der Waals surface area contributed by atoms with Gasteiger partial charge < -0.3 is 14.7 Å².